The maximum atomic E-state index is 11.2. The second-order valence-electron chi connectivity index (χ2n) is 3.90. The molecule has 0 fully saturated rings. The molecule has 0 rings (SSSR count). The Kier molecular flexibility index (Phi) is 6.63. The molecule has 0 unspecified atom stereocenters. The number of aliphatic hydroxyl groups is 4. The van der Waals surface area contributed by atoms with Crippen molar-refractivity contribution in [1.29, 1.82) is 0 Å². The van der Waals surface area contributed by atoms with Crippen LogP contribution in [0.3, 0.4) is 0 Å². The summed E-state index contributed by atoms with van der Waals surface area (Å²) in [5.74, 6) is -2.28. The van der Waals surface area contributed by atoms with Gasteiger partial charge in [0.1, 0.15) is 24.1 Å². The fourth-order valence-corrected chi connectivity index (χ4v) is 1.09. The molecule has 0 heterocycles. The van der Waals surface area contributed by atoms with Gasteiger partial charge in [-0.2, -0.15) is 0 Å². The van der Waals surface area contributed by atoms with E-state index in [9.17, 15) is 29.7 Å². The zero-order valence-corrected chi connectivity index (χ0v) is 10.0. The van der Waals surface area contributed by atoms with Crippen LogP contribution in [0, 0.1) is 0 Å². The molecule has 0 saturated carbocycles. The summed E-state index contributed by atoms with van der Waals surface area (Å²) in [4.78, 5) is 32.6. The van der Waals surface area contributed by atoms with Crippen LogP contribution >= 0.6 is 0 Å². The molecule has 0 aliphatic heterocycles. The Bertz CT molecular complexity index is 330. The van der Waals surface area contributed by atoms with Crippen LogP contribution in [0.1, 0.15) is 13.8 Å². The van der Waals surface area contributed by atoms with Gasteiger partial charge in [0.15, 0.2) is 11.9 Å². The number of carbonyl (C=O) groups is 3. The molecule has 0 aromatic carbocycles. The largest absolute Gasteiger partial charge is 0.387 e. The molecule has 0 bridgehead atoms. The summed E-state index contributed by atoms with van der Waals surface area (Å²) in [5.41, 5.74) is 0. The smallest absolute Gasteiger partial charge is 0.252 e. The van der Waals surface area contributed by atoms with Crippen LogP contribution < -0.4 is 5.32 Å². The van der Waals surface area contributed by atoms with Crippen molar-refractivity contribution in [2.24, 2.45) is 0 Å². The first-order valence-electron chi connectivity index (χ1n) is 5.18. The van der Waals surface area contributed by atoms with Crippen molar-refractivity contribution < 1.29 is 34.8 Å². The van der Waals surface area contributed by atoms with E-state index >= 15 is 0 Å². The van der Waals surface area contributed by atoms with Crippen LogP contribution in [0.5, 0.6) is 0 Å². The van der Waals surface area contributed by atoms with Gasteiger partial charge in [-0.25, -0.2) is 0 Å². The average Bonchev–Trinajstić information content (AvgIpc) is 2.31. The van der Waals surface area contributed by atoms with Crippen molar-refractivity contribution in [3.8, 4) is 0 Å². The fourth-order valence-electron chi connectivity index (χ4n) is 1.09. The minimum absolute atomic E-state index is 0.339. The summed E-state index contributed by atoms with van der Waals surface area (Å²) >= 11 is 0. The Morgan fingerprint density at radius 3 is 1.78 bits per heavy atom. The van der Waals surface area contributed by atoms with Gasteiger partial charge in [-0.05, 0) is 13.8 Å². The summed E-state index contributed by atoms with van der Waals surface area (Å²) in [6.07, 6.45) is -8.01. The first-order valence-corrected chi connectivity index (χ1v) is 5.18. The number of nitrogens with one attached hydrogen (secondary N) is 1. The van der Waals surface area contributed by atoms with Crippen LogP contribution in [0.25, 0.3) is 0 Å². The number of hydrogen-bond acceptors (Lipinski definition) is 7. The maximum absolute atomic E-state index is 11.2. The Hall–Kier alpha value is -1.35. The van der Waals surface area contributed by atoms with Gasteiger partial charge < -0.3 is 25.7 Å². The highest BCUT2D eigenvalue weighted by Crippen LogP contribution is 2.06. The first-order chi connectivity index (χ1) is 8.18. The van der Waals surface area contributed by atoms with Crippen LogP contribution in [0.4, 0.5) is 0 Å². The number of rotatable bonds is 7. The van der Waals surface area contributed by atoms with Gasteiger partial charge in [-0.15, -0.1) is 0 Å². The van der Waals surface area contributed by atoms with Gasteiger partial charge >= 0.3 is 0 Å². The number of ketones is 2. The van der Waals surface area contributed by atoms with Gasteiger partial charge in [0, 0.05) is 0 Å². The van der Waals surface area contributed by atoms with E-state index in [1.807, 2.05) is 5.32 Å². The van der Waals surface area contributed by atoms with Crippen molar-refractivity contribution in [2.45, 2.75) is 38.3 Å². The van der Waals surface area contributed by atoms with Crippen molar-refractivity contribution >= 4 is 17.5 Å². The van der Waals surface area contributed by atoms with E-state index in [1.54, 1.807) is 0 Å². The molecule has 1 amide bonds. The molecule has 18 heavy (non-hydrogen) atoms. The van der Waals surface area contributed by atoms with Crippen molar-refractivity contribution in [1.82, 2.24) is 5.32 Å². The molecular weight excluding hydrogens is 246 g/mol. The molecule has 0 spiro atoms. The van der Waals surface area contributed by atoms with E-state index in [1.165, 1.54) is 6.92 Å². The van der Waals surface area contributed by atoms with Gasteiger partial charge in [0.05, 0.1) is 6.54 Å². The van der Waals surface area contributed by atoms with Gasteiger partial charge in [0.25, 0.3) is 5.91 Å². The number of aliphatic hydroxyl groups excluding tert-OH is 4. The zero-order chi connectivity index (χ0) is 14.5. The topological polar surface area (TPSA) is 144 Å². The number of amides is 1. The van der Waals surface area contributed by atoms with E-state index in [0.29, 0.717) is 0 Å². The van der Waals surface area contributed by atoms with E-state index < -0.39 is 36.1 Å². The van der Waals surface area contributed by atoms with Crippen LogP contribution in [-0.4, -0.2) is 68.9 Å². The lowest BCUT2D eigenvalue weighted by Crippen LogP contribution is -2.52. The molecule has 0 radical (unpaired) electrons. The zero-order valence-electron chi connectivity index (χ0n) is 10.0. The molecule has 4 atom stereocenters. The molecule has 8 heteroatoms. The highest BCUT2D eigenvalue weighted by molar-refractivity contribution is 5.87. The van der Waals surface area contributed by atoms with Crippen molar-refractivity contribution in [3.63, 3.8) is 0 Å². The van der Waals surface area contributed by atoms with Gasteiger partial charge in [-0.3, -0.25) is 14.4 Å². The van der Waals surface area contributed by atoms with Gasteiger partial charge in [0.2, 0.25) is 0 Å². The predicted octanol–water partition coefficient (Wildman–Crippen LogP) is -3.28. The quantitative estimate of drug-likeness (QED) is 0.324. The van der Waals surface area contributed by atoms with E-state index in [-0.39, 0.29) is 12.3 Å². The Balaban J connectivity index is 4.48. The summed E-state index contributed by atoms with van der Waals surface area (Å²) in [7, 11) is 0. The van der Waals surface area contributed by atoms with Gasteiger partial charge in [-0.1, -0.05) is 0 Å². The van der Waals surface area contributed by atoms with Crippen LogP contribution in [0.2, 0.25) is 0 Å². The van der Waals surface area contributed by atoms with E-state index in [0.717, 1.165) is 6.92 Å². The minimum atomic E-state index is -2.06. The monoisotopic (exact) mass is 263 g/mol. The molecule has 0 saturated heterocycles. The summed E-state index contributed by atoms with van der Waals surface area (Å²) < 4.78 is 0. The van der Waals surface area contributed by atoms with Crippen molar-refractivity contribution in [3.05, 3.63) is 0 Å². The number of carbonyl (C=O) groups excluding carboxylic acids is 3. The highest BCUT2D eigenvalue weighted by Gasteiger charge is 2.35. The molecule has 8 nitrogen and oxygen atoms in total. The number of Topliss-reactive ketones (excluding diaryl/α,β-unsaturated/α-hetero) is 2. The summed E-state index contributed by atoms with van der Waals surface area (Å²) in [6, 6.07) is 0. The third-order valence-corrected chi connectivity index (χ3v) is 2.19. The molecule has 0 aromatic heterocycles. The molecular formula is C10H17NO7. The third kappa shape index (κ3) is 4.88. The second kappa shape index (κ2) is 7.17. The van der Waals surface area contributed by atoms with Crippen molar-refractivity contribution in [2.75, 3.05) is 6.54 Å². The molecule has 5 N–H and O–H groups in total. The van der Waals surface area contributed by atoms with E-state index in [4.69, 9.17) is 5.11 Å². The van der Waals surface area contributed by atoms with Crippen LogP contribution in [0.15, 0.2) is 0 Å². The minimum Gasteiger partial charge on any atom is -0.387 e. The van der Waals surface area contributed by atoms with Crippen LogP contribution in [-0.2, 0) is 14.4 Å². The average molecular weight is 263 g/mol. The SMILES string of the molecule is CC(=O)CNC(=O)[C@H](O)[C@@H](O)[C@H](O)[C@H](O)C(C)=O. The molecule has 0 aliphatic carbocycles. The first kappa shape index (κ1) is 16.6. The highest BCUT2D eigenvalue weighted by atomic mass is 16.4. The standard InChI is InChI=1S/C10H17NO7/c1-4(12)3-11-10(18)9(17)8(16)7(15)6(14)5(2)13/h6-9,14-17H,3H2,1-2H3,(H,11,18)/t6-,7-,8+,9-/m1/s1. The predicted molar refractivity (Wildman–Crippen MR) is 58.4 cm³/mol. The normalized spacial score (nSPS) is 17.4. The lowest BCUT2D eigenvalue weighted by molar-refractivity contribution is -0.153. The Morgan fingerprint density at radius 2 is 1.39 bits per heavy atom. The second-order valence-corrected chi connectivity index (χ2v) is 3.90. The lowest BCUT2D eigenvalue weighted by Gasteiger charge is -2.24. The maximum Gasteiger partial charge on any atom is 0.252 e. The Labute approximate surface area is 103 Å². The summed E-state index contributed by atoms with van der Waals surface area (Å²) in [6.45, 7) is 1.84. The summed E-state index contributed by atoms with van der Waals surface area (Å²) in [5, 5.41) is 39.2. The molecule has 0 aliphatic rings. The fraction of sp³-hybridized carbons (Fsp3) is 0.700. The van der Waals surface area contributed by atoms with E-state index in [2.05, 4.69) is 0 Å². The third-order valence-electron chi connectivity index (χ3n) is 2.19. The Morgan fingerprint density at radius 1 is 0.944 bits per heavy atom. The molecule has 104 valence electrons. The lowest BCUT2D eigenvalue weighted by atomic mass is 10.0. The molecule has 0 aromatic rings. The number of hydrogen-bond donors (Lipinski definition) is 5.